The van der Waals surface area contributed by atoms with Crippen LogP contribution in [-0.2, 0) is 0 Å². The van der Waals surface area contributed by atoms with Gasteiger partial charge in [0, 0.05) is 16.5 Å². The number of phenols is 1. The van der Waals surface area contributed by atoms with Gasteiger partial charge in [-0.05, 0) is 12.1 Å². The number of halogens is 5. The Labute approximate surface area is 97.6 Å². The lowest BCUT2D eigenvalue weighted by Crippen LogP contribution is -2.20. The minimum atomic E-state index is -4.71. The molecule has 0 atom stereocenters. The lowest BCUT2D eigenvalue weighted by atomic mass is 10.1. The van der Waals surface area contributed by atoms with E-state index in [2.05, 4.69) is 0 Å². The normalized spacial score (nSPS) is 11.8. The average Bonchev–Trinajstić information content (AvgIpc) is 2.25. The molecular weight excluding hydrogens is 257 g/mol. The number of hydrogen-bond donors (Lipinski definition) is 2. The van der Waals surface area contributed by atoms with Gasteiger partial charge in [0.15, 0.2) is 11.6 Å². The molecule has 0 radical (unpaired) electrons. The van der Waals surface area contributed by atoms with Crippen LogP contribution in [0.25, 0.3) is 10.8 Å². The Balaban J connectivity index is 2.70. The molecule has 96 valence electrons. The first-order valence-electron chi connectivity index (χ1n) is 4.74. The SMILES string of the molecule is Oc1c(F)c(F)cc2c(NC(F)(F)F)cccc12. The maximum atomic E-state index is 13.1. The molecule has 0 heterocycles. The second kappa shape index (κ2) is 4.01. The first-order valence-corrected chi connectivity index (χ1v) is 4.74. The van der Waals surface area contributed by atoms with Crippen molar-refractivity contribution in [1.29, 1.82) is 0 Å². The number of rotatable bonds is 1. The molecule has 2 N–H and O–H groups in total. The molecule has 0 spiro atoms. The maximum Gasteiger partial charge on any atom is 0.482 e. The highest BCUT2D eigenvalue weighted by Gasteiger charge is 2.28. The van der Waals surface area contributed by atoms with E-state index in [-0.39, 0.29) is 10.8 Å². The minimum absolute atomic E-state index is 0.205. The summed E-state index contributed by atoms with van der Waals surface area (Å²) in [6.45, 7) is 0. The zero-order chi connectivity index (χ0) is 13.5. The third-order valence-corrected chi connectivity index (χ3v) is 2.33. The van der Waals surface area contributed by atoms with Crippen LogP contribution < -0.4 is 5.32 Å². The van der Waals surface area contributed by atoms with Gasteiger partial charge in [0.2, 0.25) is 5.82 Å². The largest absolute Gasteiger partial charge is 0.504 e. The van der Waals surface area contributed by atoms with Crippen LogP contribution in [0.1, 0.15) is 0 Å². The van der Waals surface area contributed by atoms with Crippen molar-refractivity contribution in [2.45, 2.75) is 6.30 Å². The van der Waals surface area contributed by atoms with Crippen molar-refractivity contribution in [3.8, 4) is 5.75 Å². The summed E-state index contributed by atoms with van der Waals surface area (Å²) in [5.41, 5.74) is -0.464. The smallest absolute Gasteiger partial charge is 0.482 e. The van der Waals surface area contributed by atoms with Crippen molar-refractivity contribution in [3.05, 3.63) is 35.9 Å². The summed E-state index contributed by atoms with van der Waals surface area (Å²) < 4.78 is 62.8. The van der Waals surface area contributed by atoms with E-state index in [4.69, 9.17) is 0 Å². The molecule has 0 saturated heterocycles. The number of benzene rings is 2. The van der Waals surface area contributed by atoms with Gasteiger partial charge in [-0.15, -0.1) is 0 Å². The topological polar surface area (TPSA) is 32.3 Å². The molecule has 0 amide bonds. The summed E-state index contributed by atoms with van der Waals surface area (Å²) in [6.07, 6.45) is -4.71. The quantitative estimate of drug-likeness (QED) is 0.606. The number of fused-ring (bicyclic) bond motifs is 1. The fourth-order valence-electron chi connectivity index (χ4n) is 1.61. The molecule has 2 rings (SSSR count). The van der Waals surface area contributed by atoms with Crippen LogP contribution in [0.4, 0.5) is 27.6 Å². The first-order chi connectivity index (χ1) is 8.29. The maximum absolute atomic E-state index is 13.1. The van der Waals surface area contributed by atoms with Gasteiger partial charge in [-0.3, -0.25) is 5.32 Å². The van der Waals surface area contributed by atoms with Crippen LogP contribution >= 0.6 is 0 Å². The highest BCUT2D eigenvalue weighted by Crippen LogP contribution is 2.35. The summed E-state index contributed by atoms with van der Waals surface area (Å²) in [6, 6.07) is 4.02. The van der Waals surface area contributed by atoms with E-state index < -0.39 is 29.4 Å². The summed E-state index contributed by atoms with van der Waals surface area (Å²) in [7, 11) is 0. The number of phenolic OH excluding ortho intramolecular Hbond substituents is 1. The Bertz CT molecular complexity index is 608. The number of alkyl halides is 3. The highest BCUT2D eigenvalue weighted by atomic mass is 19.4. The van der Waals surface area contributed by atoms with E-state index >= 15 is 0 Å². The van der Waals surface area contributed by atoms with Crippen LogP contribution in [0.15, 0.2) is 24.3 Å². The molecule has 0 fully saturated rings. The van der Waals surface area contributed by atoms with Gasteiger partial charge in [0.1, 0.15) is 0 Å². The molecular formula is C11H6F5NO. The Kier molecular flexibility index (Phi) is 2.76. The van der Waals surface area contributed by atoms with E-state index in [0.29, 0.717) is 6.07 Å². The number of aromatic hydroxyl groups is 1. The standard InChI is InChI=1S/C11H6F5NO/c12-7-4-6-5(10(18)9(7)13)2-1-3-8(6)17-11(14,15)16/h1-4,17-18H. The van der Waals surface area contributed by atoms with Gasteiger partial charge in [0.05, 0.1) is 0 Å². The average molecular weight is 263 g/mol. The second-order valence-electron chi connectivity index (χ2n) is 3.54. The molecule has 0 aliphatic carbocycles. The fraction of sp³-hybridized carbons (Fsp3) is 0.0909. The van der Waals surface area contributed by atoms with E-state index in [1.807, 2.05) is 0 Å². The predicted octanol–water partition coefficient (Wildman–Crippen LogP) is 3.76. The Morgan fingerprint density at radius 3 is 2.33 bits per heavy atom. The van der Waals surface area contributed by atoms with E-state index in [1.54, 1.807) is 0 Å². The predicted molar refractivity (Wildman–Crippen MR) is 55.2 cm³/mol. The zero-order valence-electron chi connectivity index (χ0n) is 8.65. The Morgan fingerprint density at radius 1 is 1.06 bits per heavy atom. The lowest BCUT2D eigenvalue weighted by molar-refractivity contribution is -0.0998. The van der Waals surface area contributed by atoms with Gasteiger partial charge < -0.3 is 5.11 Å². The summed E-state index contributed by atoms with van der Waals surface area (Å²) in [5.74, 6) is -3.93. The molecule has 0 saturated carbocycles. The molecule has 0 aliphatic heterocycles. The van der Waals surface area contributed by atoms with Gasteiger partial charge in [-0.25, -0.2) is 4.39 Å². The van der Waals surface area contributed by atoms with Gasteiger partial charge in [-0.2, -0.15) is 17.6 Å². The zero-order valence-corrected chi connectivity index (χ0v) is 8.65. The van der Waals surface area contributed by atoms with Gasteiger partial charge >= 0.3 is 6.30 Å². The lowest BCUT2D eigenvalue weighted by Gasteiger charge is -2.13. The monoisotopic (exact) mass is 263 g/mol. The van der Waals surface area contributed by atoms with Crippen molar-refractivity contribution in [2.75, 3.05) is 5.32 Å². The molecule has 0 aromatic heterocycles. The molecule has 0 aliphatic rings. The van der Waals surface area contributed by atoms with Crippen LogP contribution in [0, 0.1) is 11.6 Å². The van der Waals surface area contributed by atoms with E-state index in [0.717, 1.165) is 6.07 Å². The van der Waals surface area contributed by atoms with Crippen LogP contribution in [0.5, 0.6) is 5.75 Å². The first kappa shape index (κ1) is 12.4. The fourth-order valence-corrected chi connectivity index (χ4v) is 1.61. The van der Waals surface area contributed by atoms with Crippen LogP contribution in [0.2, 0.25) is 0 Å². The third kappa shape index (κ3) is 2.15. The second-order valence-corrected chi connectivity index (χ2v) is 3.54. The molecule has 0 bridgehead atoms. The van der Waals surface area contributed by atoms with Crippen molar-refractivity contribution in [2.24, 2.45) is 0 Å². The van der Waals surface area contributed by atoms with Crippen molar-refractivity contribution >= 4 is 16.5 Å². The number of nitrogens with one attached hydrogen (secondary N) is 1. The Morgan fingerprint density at radius 2 is 1.72 bits per heavy atom. The molecule has 2 aromatic carbocycles. The molecule has 2 nitrogen and oxygen atoms in total. The van der Waals surface area contributed by atoms with Gasteiger partial charge in [-0.1, -0.05) is 12.1 Å². The van der Waals surface area contributed by atoms with Crippen molar-refractivity contribution < 1.29 is 27.1 Å². The van der Waals surface area contributed by atoms with E-state index in [9.17, 15) is 27.1 Å². The highest BCUT2D eigenvalue weighted by molar-refractivity contribution is 5.97. The number of hydrogen-bond acceptors (Lipinski definition) is 2. The summed E-state index contributed by atoms with van der Waals surface area (Å²) >= 11 is 0. The third-order valence-electron chi connectivity index (χ3n) is 2.33. The van der Waals surface area contributed by atoms with Crippen molar-refractivity contribution in [3.63, 3.8) is 0 Å². The van der Waals surface area contributed by atoms with E-state index in [1.165, 1.54) is 17.4 Å². The Hall–Kier alpha value is -2.05. The van der Waals surface area contributed by atoms with Gasteiger partial charge in [0.25, 0.3) is 0 Å². The summed E-state index contributed by atoms with van der Waals surface area (Å²) in [5, 5.41) is 10.1. The van der Waals surface area contributed by atoms with Crippen molar-refractivity contribution in [1.82, 2.24) is 0 Å². The summed E-state index contributed by atoms with van der Waals surface area (Å²) in [4.78, 5) is 0. The minimum Gasteiger partial charge on any atom is -0.504 e. The number of anilines is 1. The molecule has 18 heavy (non-hydrogen) atoms. The van der Waals surface area contributed by atoms with Crippen LogP contribution in [-0.4, -0.2) is 11.4 Å². The molecule has 7 heteroatoms. The molecule has 2 aromatic rings. The molecule has 0 unspecified atom stereocenters. The van der Waals surface area contributed by atoms with Crippen LogP contribution in [0.3, 0.4) is 0 Å².